The first-order chi connectivity index (χ1) is 13.4. The number of benzene rings is 2. The summed E-state index contributed by atoms with van der Waals surface area (Å²) in [5, 5.41) is 1.14. The lowest BCUT2D eigenvalue weighted by Gasteiger charge is -2.14. The van der Waals surface area contributed by atoms with Crippen molar-refractivity contribution in [2.75, 3.05) is 20.7 Å². The molecule has 0 saturated carbocycles. The summed E-state index contributed by atoms with van der Waals surface area (Å²) in [5.74, 6) is 1.11. The highest BCUT2D eigenvalue weighted by atomic mass is 35.5. The summed E-state index contributed by atoms with van der Waals surface area (Å²) in [6.07, 6.45) is 1.79. The number of hydrogen-bond acceptors (Lipinski definition) is 4. The smallest absolute Gasteiger partial charge is 0.276 e. The van der Waals surface area contributed by atoms with Crippen LogP contribution in [-0.2, 0) is 11.4 Å². The molecule has 0 aromatic heterocycles. The van der Waals surface area contributed by atoms with E-state index in [2.05, 4.69) is 0 Å². The number of carbonyl (C=O) groups excluding carboxylic acids is 1. The molecule has 5 nitrogen and oxygen atoms in total. The molecule has 0 aliphatic carbocycles. The fourth-order valence-electron chi connectivity index (χ4n) is 2.84. The van der Waals surface area contributed by atoms with Gasteiger partial charge in [-0.05, 0) is 60.6 Å². The zero-order valence-corrected chi connectivity index (χ0v) is 17.5. The molecule has 0 atom stereocenters. The molecule has 1 heterocycles. The predicted octanol–water partition coefficient (Wildman–Crippen LogP) is 4.35. The van der Waals surface area contributed by atoms with Crippen LogP contribution in [0, 0.1) is 0 Å². The maximum absolute atomic E-state index is 12.4. The molecule has 7 heteroatoms. The van der Waals surface area contributed by atoms with Gasteiger partial charge in [-0.3, -0.25) is 9.69 Å². The summed E-state index contributed by atoms with van der Waals surface area (Å²) in [6.45, 7) is 2.79. The summed E-state index contributed by atoms with van der Waals surface area (Å²) >= 11 is 11.3. The molecular weight excluding hydrogens is 396 g/mol. The van der Waals surface area contributed by atoms with Gasteiger partial charge in [0.1, 0.15) is 12.3 Å². The lowest BCUT2D eigenvalue weighted by atomic mass is 10.1. The average molecular weight is 417 g/mol. The Labute approximate surface area is 175 Å². The summed E-state index contributed by atoms with van der Waals surface area (Å²) in [6, 6.07) is 13.1. The third-order valence-electron chi connectivity index (χ3n) is 4.31. The van der Waals surface area contributed by atoms with Crippen LogP contribution in [0.3, 0.4) is 0 Å². The Morgan fingerprint density at radius 2 is 1.86 bits per heavy atom. The van der Waals surface area contributed by atoms with Gasteiger partial charge in [-0.15, -0.1) is 0 Å². The fraction of sp³-hybridized carbons (Fsp3) is 0.238. The van der Waals surface area contributed by atoms with Crippen molar-refractivity contribution in [3.8, 4) is 11.5 Å². The van der Waals surface area contributed by atoms with Gasteiger partial charge in [0.15, 0.2) is 16.6 Å². The van der Waals surface area contributed by atoms with Crippen LogP contribution in [0.5, 0.6) is 11.5 Å². The minimum atomic E-state index is -0.133. The number of halogens is 1. The number of nitrogens with zero attached hydrogens (tertiary/aromatic N) is 2. The maximum atomic E-state index is 12.4. The number of thiocarbonyl (C=S) groups is 1. The number of amides is 1. The molecule has 3 rings (SSSR count). The molecule has 0 N–H and O–H groups in total. The molecule has 1 saturated heterocycles. The molecule has 0 radical (unpaired) electrons. The first kappa shape index (κ1) is 20.2. The maximum Gasteiger partial charge on any atom is 0.276 e. The van der Waals surface area contributed by atoms with E-state index in [-0.39, 0.29) is 5.91 Å². The number of carbonyl (C=O) groups is 1. The Hall–Kier alpha value is -2.57. The van der Waals surface area contributed by atoms with Crippen molar-refractivity contribution in [1.29, 1.82) is 0 Å². The van der Waals surface area contributed by atoms with E-state index in [1.54, 1.807) is 25.1 Å². The van der Waals surface area contributed by atoms with E-state index in [9.17, 15) is 4.79 Å². The molecule has 2 aromatic carbocycles. The molecule has 28 heavy (non-hydrogen) atoms. The molecule has 0 unspecified atom stereocenters. The summed E-state index contributed by atoms with van der Waals surface area (Å²) in [5.41, 5.74) is 2.31. The van der Waals surface area contributed by atoms with Gasteiger partial charge in [0, 0.05) is 19.1 Å². The third kappa shape index (κ3) is 4.29. The lowest BCUT2D eigenvalue weighted by molar-refractivity contribution is -0.121. The topological polar surface area (TPSA) is 42.0 Å². The van der Waals surface area contributed by atoms with E-state index in [1.165, 1.54) is 4.90 Å². The highest BCUT2D eigenvalue weighted by Gasteiger charge is 2.32. The van der Waals surface area contributed by atoms with Crippen LogP contribution in [-0.4, -0.2) is 41.5 Å². The minimum absolute atomic E-state index is 0.133. The highest BCUT2D eigenvalue weighted by molar-refractivity contribution is 7.80. The second-order valence-electron chi connectivity index (χ2n) is 6.29. The van der Waals surface area contributed by atoms with Gasteiger partial charge in [0.25, 0.3) is 5.91 Å². The second kappa shape index (κ2) is 8.63. The number of rotatable bonds is 6. The van der Waals surface area contributed by atoms with Crippen LogP contribution in [0.15, 0.2) is 48.2 Å². The second-order valence-corrected chi connectivity index (χ2v) is 7.09. The third-order valence-corrected chi connectivity index (χ3v) is 5.10. The predicted molar refractivity (Wildman–Crippen MR) is 115 cm³/mol. The van der Waals surface area contributed by atoms with Gasteiger partial charge < -0.3 is 14.4 Å². The zero-order valence-electron chi connectivity index (χ0n) is 15.9. The summed E-state index contributed by atoms with van der Waals surface area (Å²) in [7, 11) is 3.45. The first-order valence-electron chi connectivity index (χ1n) is 8.82. The summed E-state index contributed by atoms with van der Waals surface area (Å²) in [4.78, 5) is 15.5. The van der Waals surface area contributed by atoms with Crippen molar-refractivity contribution < 1.29 is 14.3 Å². The molecule has 1 amide bonds. The van der Waals surface area contributed by atoms with Crippen LogP contribution in [0.2, 0.25) is 5.02 Å². The summed E-state index contributed by atoms with van der Waals surface area (Å²) < 4.78 is 11.7. The Morgan fingerprint density at radius 3 is 2.50 bits per heavy atom. The molecule has 146 valence electrons. The quantitative estimate of drug-likeness (QED) is 0.517. The lowest BCUT2D eigenvalue weighted by Crippen LogP contribution is -2.26. The molecule has 1 fully saturated rings. The standard InChI is InChI=1S/C21H21ClN2O3S/c1-4-26-19-12-14(11-17-20(25)24(3)21(28)23(17)2)8-9-18(19)27-13-15-6-5-7-16(22)10-15/h5-12H,4,13H2,1-3H3/b17-11-. The van der Waals surface area contributed by atoms with E-state index in [4.69, 9.17) is 33.3 Å². The van der Waals surface area contributed by atoms with Gasteiger partial charge in [0.2, 0.25) is 0 Å². The van der Waals surface area contributed by atoms with Gasteiger partial charge in [-0.25, -0.2) is 0 Å². The van der Waals surface area contributed by atoms with Crippen LogP contribution < -0.4 is 9.47 Å². The molecule has 0 bridgehead atoms. The van der Waals surface area contributed by atoms with Crippen LogP contribution in [0.4, 0.5) is 0 Å². The molecular formula is C21H21ClN2O3S. The molecule has 2 aromatic rings. The molecule has 1 aliphatic heterocycles. The number of ether oxygens (including phenoxy) is 2. The van der Waals surface area contributed by atoms with Crippen molar-refractivity contribution >= 4 is 40.9 Å². The van der Waals surface area contributed by atoms with Crippen molar-refractivity contribution in [2.24, 2.45) is 0 Å². The van der Waals surface area contributed by atoms with Crippen molar-refractivity contribution in [2.45, 2.75) is 13.5 Å². The van der Waals surface area contributed by atoms with E-state index >= 15 is 0 Å². The van der Waals surface area contributed by atoms with E-state index in [1.807, 2.05) is 49.4 Å². The van der Waals surface area contributed by atoms with Gasteiger partial charge in [-0.1, -0.05) is 29.8 Å². The van der Waals surface area contributed by atoms with Crippen LogP contribution >= 0.6 is 23.8 Å². The minimum Gasteiger partial charge on any atom is -0.490 e. The Morgan fingerprint density at radius 1 is 1.07 bits per heavy atom. The van der Waals surface area contributed by atoms with Crippen LogP contribution in [0.25, 0.3) is 6.08 Å². The average Bonchev–Trinajstić information content (AvgIpc) is 2.85. The van der Waals surface area contributed by atoms with E-state index < -0.39 is 0 Å². The van der Waals surface area contributed by atoms with Crippen molar-refractivity contribution in [3.63, 3.8) is 0 Å². The van der Waals surface area contributed by atoms with Crippen molar-refractivity contribution in [1.82, 2.24) is 9.80 Å². The molecule has 1 aliphatic rings. The largest absolute Gasteiger partial charge is 0.490 e. The normalized spacial score (nSPS) is 15.5. The Kier molecular flexibility index (Phi) is 6.21. The first-order valence-corrected chi connectivity index (χ1v) is 9.61. The number of likely N-dealkylation sites (N-methyl/N-ethyl adjacent to an activating group) is 2. The zero-order chi connectivity index (χ0) is 20.3. The molecule has 0 spiro atoms. The Bertz CT molecular complexity index is 945. The fourth-order valence-corrected chi connectivity index (χ4v) is 3.23. The van der Waals surface area contributed by atoms with Gasteiger partial charge >= 0.3 is 0 Å². The van der Waals surface area contributed by atoms with E-state index in [0.29, 0.717) is 40.5 Å². The SMILES string of the molecule is CCOc1cc(/C=C2/C(=O)N(C)C(=S)N2C)ccc1OCc1cccc(Cl)c1. The van der Waals surface area contributed by atoms with E-state index in [0.717, 1.165) is 11.1 Å². The Balaban J connectivity index is 1.84. The monoisotopic (exact) mass is 416 g/mol. The highest BCUT2D eigenvalue weighted by Crippen LogP contribution is 2.31. The number of hydrogen-bond donors (Lipinski definition) is 0. The van der Waals surface area contributed by atoms with Crippen molar-refractivity contribution in [3.05, 3.63) is 64.3 Å². The van der Waals surface area contributed by atoms with Crippen LogP contribution in [0.1, 0.15) is 18.1 Å². The van der Waals surface area contributed by atoms with Gasteiger partial charge in [0.05, 0.1) is 6.61 Å². The van der Waals surface area contributed by atoms with Gasteiger partial charge in [-0.2, -0.15) is 0 Å².